The second-order valence-electron chi connectivity index (χ2n) is 7.83. The molecule has 0 aliphatic carbocycles. The van der Waals surface area contributed by atoms with Crippen LogP contribution in [0.3, 0.4) is 0 Å². The van der Waals surface area contributed by atoms with Crippen LogP contribution in [0.15, 0.2) is 24.3 Å². The van der Waals surface area contributed by atoms with E-state index >= 15 is 0 Å². The van der Waals surface area contributed by atoms with Gasteiger partial charge in [-0.1, -0.05) is 0 Å². The van der Waals surface area contributed by atoms with Crippen LogP contribution in [0.4, 0.5) is 10.1 Å². The van der Waals surface area contributed by atoms with Gasteiger partial charge in [0, 0.05) is 24.8 Å². The van der Waals surface area contributed by atoms with Gasteiger partial charge in [0.2, 0.25) is 0 Å². The lowest BCUT2D eigenvalue weighted by Crippen LogP contribution is -2.45. The third-order valence-corrected chi connectivity index (χ3v) is 6.50. The van der Waals surface area contributed by atoms with Crippen LogP contribution in [0.5, 0.6) is 0 Å². The summed E-state index contributed by atoms with van der Waals surface area (Å²) < 4.78 is 13.1. The Hall–Kier alpha value is -0.550. The molecule has 3 nitrogen and oxygen atoms in total. The smallest absolute Gasteiger partial charge is 0.123 e. The lowest BCUT2D eigenvalue weighted by Gasteiger charge is -2.40. The molecule has 4 rings (SSSR count). The average Bonchev–Trinajstić information content (AvgIpc) is 3.13. The van der Waals surface area contributed by atoms with Gasteiger partial charge in [0.15, 0.2) is 0 Å². The van der Waals surface area contributed by atoms with E-state index in [0.717, 1.165) is 24.9 Å². The normalized spacial score (nSPS) is 25.6. The lowest BCUT2D eigenvalue weighted by molar-refractivity contribution is 0.104. The highest BCUT2D eigenvalue weighted by Gasteiger charge is 2.33. The van der Waals surface area contributed by atoms with E-state index in [1.54, 1.807) is 12.1 Å². The van der Waals surface area contributed by atoms with E-state index in [1.807, 2.05) is 12.1 Å². The summed E-state index contributed by atoms with van der Waals surface area (Å²) in [4.78, 5) is 5.14. The quantitative estimate of drug-likeness (QED) is 0.823. The largest absolute Gasteiger partial charge is 0.370 e. The topological polar surface area (TPSA) is 18.5 Å². The van der Waals surface area contributed by atoms with Crippen LogP contribution >= 0.6 is 24.8 Å². The molecule has 148 valence electrons. The van der Waals surface area contributed by atoms with Gasteiger partial charge in [0.1, 0.15) is 5.82 Å². The standard InChI is InChI=1S/C20H30FN3.2ClH/c21-18-1-3-19(4-2-18)24-14-9-20(15-24)23-12-7-17(8-13-23)16-5-10-22-11-6-16;;/h1-4,16-17,20,22H,5-15H2;2*1H. The van der Waals surface area contributed by atoms with Crippen LogP contribution in [-0.4, -0.2) is 50.2 Å². The highest BCUT2D eigenvalue weighted by molar-refractivity contribution is 5.85. The zero-order valence-electron chi connectivity index (χ0n) is 15.4. The molecule has 6 heteroatoms. The molecule has 3 heterocycles. The second-order valence-corrected chi connectivity index (χ2v) is 7.83. The monoisotopic (exact) mass is 403 g/mol. The van der Waals surface area contributed by atoms with E-state index < -0.39 is 0 Å². The Morgan fingerprint density at radius 1 is 0.808 bits per heavy atom. The zero-order chi connectivity index (χ0) is 16.4. The van der Waals surface area contributed by atoms with Crippen molar-refractivity contribution >= 4 is 30.5 Å². The molecule has 0 radical (unpaired) electrons. The predicted molar refractivity (Wildman–Crippen MR) is 111 cm³/mol. The summed E-state index contributed by atoms with van der Waals surface area (Å²) in [6.45, 7) is 7.20. The summed E-state index contributed by atoms with van der Waals surface area (Å²) in [5, 5.41) is 3.49. The molecule has 3 aliphatic heterocycles. The van der Waals surface area contributed by atoms with Crippen molar-refractivity contribution in [1.29, 1.82) is 0 Å². The molecule has 0 amide bonds. The fraction of sp³-hybridized carbons (Fsp3) is 0.700. The van der Waals surface area contributed by atoms with E-state index in [0.29, 0.717) is 6.04 Å². The number of nitrogens with zero attached hydrogens (tertiary/aromatic N) is 2. The van der Waals surface area contributed by atoms with Crippen molar-refractivity contribution in [1.82, 2.24) is 10.2 Å². The molecule has 3 saturated heterocycles. The third kappa shape index (κ3) is 5.03. The van der Waals surface area contributed by atoms with E-state index in [4.69, 9.17) is 0 Å². The van der Waals surface area contributed by atoms with Gasteiger partial charge in [-0.05, 0) is 94.4 Å². The minimum Gasteiger partial charge on any atom is -0.370 e. The van der Waals surface area contributed by atoms with Crippen molar-refractivity contribution in [2.45, 2.75) is 38.1 Å². The van der Waals surface area contributed by atoms with Gasteiger partial charge in [-0.15, -0.1) is 24.8 Å². The van der Waals surface area contributed by atoms with E-state index in [-0.39, 0.29) is 30.6 Å². The zero-order valence-corrected chi connectivity index (χ0v) is 17.0. The minimum absolute atomic E-state index is 0. The Kier molecular flexibility index (Phi) is 8.46. The Balaban J connectivity index is 0.00000121. The first kappa shape index (κ1) is 21.7. The molecule has 0 aromatic heterocycles. The molecule has 1 N–H and O–H groups in total. The first-order chi connectivity index (χ1) is 11.8. The summed E-state index contributed by atoms with van der Waals surface area (Å²) >= 11 is 0. The van der Waals surface area contributed by atoms with Crippen molar-refractivity contribution in [3.05, 3.63) is 30.1 Å². The first-order valence-electron chi connectivity index (χ1n) is 9.75. The molecular formula is C20H32Cl2FN3. The fourth-order valence-corrected chi connectivity index (χ4v) is 5.00. The Morgan fingerprint density at radius 2 is 1.42 bits per heavy atom. The highest BCUT2D eigenvalue weighted by Crippen LogP contribution is 2.33. The number of rotatable bonds is 3. The summed E-state index contributed by atoms with van der Waals surface area (Å²) in [6.07, 6.45) is 6.78. The maximum Gasteiger partial charge on any atom is 0.123 e. The molecular weight excluding hydrogens is 372 g/mol. The number of anilines is 1. The van der Waals surface area contributed by atoms with Crippen molar-refractivity contribution in [2.24, 2.45) is 11.8 Å². The van der Waals surface area contributed by atoms with Crippen molar-refractivity contribution in [3.8, 4) is 0 Å². The van der Waals surface area contributed by atoms with Gasteiger partial charge in [-0.2, -0.15) is 0 Å². The van der Waals surface area contributed by atoms with Gasteiger partial charge in [0.25, 0.3) is 0 Å². The molecule has 1 unspecified atom stereocenters. The van der Waals surface area contributed by atoms with Crippen molar-refractivity contribution < 1.29 is 4.39 Å². The van der Waals surface area contributed by atoms with Gasteiger partial charge < -0.3 is 10.2 Å². The van der Waals surface area contributed by atoms with Gasteiger partial charge in [0.05, 0.1) is 0 Å². The summed E-state index contributed by atoms with van der Waals surface area (Å²) in [6, 6.07) is 7.67. The van der Waals surface area contributed by atoms with Gasteiger partial charge in [-0.25, -0.2) is 4.39 Å². The number of nitrogens with one attached hydrogen (secondary N) is 1. The van der Waals surface area contributed by atoms with Crippen LogP contribution < -0.4 is 10.2 Å². The molecule has 1 atom stereocenters. The number of hydrogen-bond acceptors (Lipinski definition) is 3. The maximum atomic E-state index is 13.1. The predicted octanol–water partition coefficient (Wildman–Crippen LogP) is 3.96. The number of halogens is 3. The molecule has 0 spiro atoms. The fourth-order valence-electron chi connectivity index (χ4n) is 5.00. The second kappa shape index (κ2) is 10.1. The molecule has 26 heavy (non-hydrogen) atoms. The Bertz CT molecular complexity index is 528. The Morgan fingerprint density at radius 3 is 2.08 bits per heavy atom. The average molecular weight is 404 g/mol. The highest BCUT2D eigenvalue weighted by atomic mass is 35.5. The molecule has 0 saturated carbocycles. The van der Waals surface area contributed by atoms with E-state index in [2.05, 4.69) is 15.1 Å². The SMILES string of the molecule is Cl.Cl.Fc1ccc(N2CCC(N3CCC(C4CCNCC4)CC3)C2)cc1. The summed E-state index contributed by atoms with van der Waals surface area (Å²) in [5.41, 5.74) is 1.17. The number of likely N-dealkylation sites (tertiary alicyclic amines) is 1. The molecule has 0 bridgehead atoms. The Labute approximate surface area is 169 Å². The summed E-state index contributed by atoms with van der Waals surface area (Å²) in [5.74, 6) is 1.78. The van der Waals surface area contributed by atoms with Crippen LogP contribution in [0.25, 0.3) is 0 Å². The van der Waals surface area contributed by atoms with Crippen LogP contribution in [0.2, 0.25) is 0 Å². The maximum absolute atomic E-state index is 13.1. The minimum atomic E-state index is -0.144. The van der Waals surface area contributed by atoms with Crippen LogP contribution in [0.1, 0.15) is 32.1 Å². The molecule has 1 aromatic rings. The van der Waals surface area contributed by atoms with Gasteiger partial charge in [-0.3, -0.25) is 4.90 Å². The van der Waals surface area contributed by atoms with E-state index in [1.165, 1.54) is 64.0 Å². The first-order valence-corrected chi connectivity index (χ1v) is 9.75. The van der Waals surface area contributed by atoms with Crippen LogP contribution in [-0.2, 0) is 0 Å². The van der Waals surface area contributed by atoms with Crippen molar-refractivity contribution in [2.75, 3.05) is 44.2 Å². The van der Waals surface area contributed by atoms with E-state index in [9.17, 15) is 4.39 Å². The van der Waals surface area contributed by atoms with Crippen LogP contribution in [0, 0.1) is 17.7 Å². The number of benzene rings is 1. The number of hydrogen-bond donors (Lipinski definition) is 1. The van der Waals surface area contributed by atoms with Crippen molar-refractivity contribution in [3.63, 3.8) is 0 Å². The lowest BCUT2D eigenvalue weighted by atomic mass is 9.79. The molecule has 3 fully saturated rings. The third-order valence-electron chi connectivity index (χ3n) is 6.50. The summed E-state index contributed by atoms with van der Waals surface area (Å²) in [7, 11) is 0. The van der Waals surface area contributed by atoms with Gasteiger partial charge >= 0.3 is 0 Å². The molecule has 3 aliphatic rings. The molecule has 1 aromatic carbocycles. The number of piperidine rings is 2.